The smallest absolute Gasteiger partial charge is 0.422 e. The normalized spacial score (nSPS) is 10.3. The van der Waals surface area contributed by atoms with E-state index in [1.165, 1.54) is 0 Å². The van der Waals surface area contributed by atoms with Crippen LogP contribution in [0.1, 0.15) is 5.56 Å². The second-order valence-corrected chi connectivity index (χ2v) is 3.35. The summed E-state index contributed by atoms with van der Waals surface area (Å²) in [7, 11) is 0.215. The second kappa shape index (κ2) is 3.42. The van der Waals surface area contributed by atoms with Crippen molar-refractivity contribution in [2.24, 2.45) is 7.05 Å². The minimum atomic E-state index is -1.52. The van der Waals surface area contributed by atoms with Gasteiger partial charge in [0.2, 0.25) is 0 Å². The van der Waals surface area contributed by atoms with Crippen LogP contribution >= 0.6 is 0 Å². The van der Waals surface area contributed by atoms with Gasteiger partial charge in [0.1, 0.15) is 0 Å². The molecule has 0 aliphatic heterocycles. The summed E-state index contributed by atoms with van der Waals surface area (Å²) in [5, 5.41) is 27.9. The van der Waals surface area contributed by atoms with Gasteiger partial charge >= 0.3 is 7.12 Å². The Balaban J connectivity index is 2.82. The van der Waals surface area contributed by atoms with Crippen molar-refractivity contribution in [3.05, 3.63) is 29.8 Å². The molecule has 0 atom stereocenters. The van der Waals surface area contributed by atoms with Crippen LogP contribution in [0.4, 0.5) is 0 Å². The Hall–Kier alpha value is -1.77. The summed E-state index contributed by atoms with van der Waals surface area (Å²) in [5.41, 5.74) is 1.74. The van der Waals surface area contributed by atoms with Gasteiger partial charge in [0.25, 0.3) is 0 Å². The van der Waals surface area contributed by atoms with Crippen molar-refractivity contribution >= 4 is 23.6 Å². The largest absolute Gasteiger partial charge is 0.505 e. The number of benzene rings is 1. The Morgan fingerprint density at radius 1 is 1.40 bits per heavy atom. The molecule has 0 saturated carbocycles. The predicted octanol–water partition coefficient (Wildman–Crippen LogP) is -0.270. The van der Waals surface area contributed by atoms with Crippen LogP contribution < -0.4 is 5.59 Å². The lowest BCUT2D eigenvalue weighted by molar-refractivity contribution is 0.423. The zero-order valence-corrected chi connectivity index (χ0v) is 8.18. The van der Waals surface area contributed by atoms with E-state index in [2.05, 4.69) is 6.07 Å². The topological polar surface area (TPSA) is 69.2 Å². The van der Waals surface area contributed by atoms with Gasteiger partial charge in [-0.3, -0.25) is 0 Å². The van der Waals surface area contributed by atoms with E-state index in [1.54, 1.807) is 29.8 Å². The molecule has 0 spiro atoms. The molecule has 0 amide bonds. The third-order valence-electron chi connectivity index (χ3n) is 2.51. The van der Waals surface area contributed by atoms with E-state index < -0.39 is 7.12 Å². The number of nitrogens with zero attached hydrogens (tertiary/aromatic N) is 2. The fourth-order valence-electron chi connectivity index (χ4n) is 1.73. The maximum Gasteiger partial charge on any atom is 0.505 e. The molecule has 0 radical (unpaired) electrons. The molecule has 0 unspecified atom stereocenters. The highest BCUT2D eigenvalue weighted by Crippen LogP contribution is 2.17. The minimum absolute atomic E-state index is 0.382. The number of hydrogen-bond acceptors (Lipinski definition) is 3. The Bertz CT molecular complexity index is 554. The molecule has 1 aromatic carbocycles. The molecule has 5 heteroatoms. The molecule has 1 aromatic heterocycles. The van der Waals surface area contributed by atoms with Gasteiger partial charge in [-0.15, -0.1) is 0 Å². The van der Waals surface area contributed by atoms with Crippen molar-refractivity contribution < 1.29 is 10.0 Å². The van der Waals surface area contributed by atoms with Crippen LogP contribution in [0.25, 0.3) is 10.9 Å². The van der Waals surface area contributed by atoms with E-state index in [0.29, 0.717) is 11.2 Å². The molecule has 2 aromatic rings. The molecular formula is C10H9BN2O2. The summed E-state index contributed by atoms with van der Waals surface area (Å²) in [4.78, 5) is 0. The molecule has 74 valence electrons. The van der Waals surface area contributed by atoms with Crippen LogP contribution in [0.3, 0.4) is 0 Å². The molecule has 0 saturated heterocycles. The van der Waals surface area contributed by atoms with E-state index in [1.807, 2.05) is 6.07 Å². The maximum atomic E-state index is 9.12. The molecule has 0 aliphatic rings. The lowest BCUT2D eigenvalue weighted by Gasteiger charge is -2.01. The molecule has 2 rings (SSSR count). The number of fused-ring (bicyclic) bond motifs is 1. The summed E-state index contributed by atoms with van der Waals surface area (Å²) < 4.78 is 1.67. The maximum absolute atomic E-state index is 9.12. The highest BCUT2D eigenvalue weighted by Gasteiger charge is 2.18. The number of hydrogen-bond donors (Lipinski definition) is 2. The van der Waals surface area contributed by atoms with Crippen LogP contribution in [0.5, 0.6) is 0 Å². The quantitative estimate of drug-likeness (QED) is 0.622. The third-order valence-corrected chi connectivity index (χ3v) is 2.51. The first-order chi connectivity index (χ1) is 7.15. The molecule has 0 fully saturated rings. The van der Waals surface area contributed by atoms with E-state index in [0.717, 1.165) is 10.9 Å². The predicted molar refractivity (Wildman–Crippen MR) is 57.5 cm³/mol. The highest BCUT2D eigenvalue weighted by atomic mass is 16.4. The number of aromatic nitrogens is 1. The van der Waals surface area contributed by atoms with Crippen LogP contribution in [0, 0.1) is 11.3 Å². The van der Waals surface area contributed by atoms with E-state index in [9.17, 15) is 0 Å². The summed E-state index contributed by atoms with van der Waals surface area (Å²) in [6, 6.07) is 9.01. The average Bonchev–Trinajstić information content (AvgIpc) is 2.56. The Kier molecular flexibility index (Phi) is 2.23. The molecule has 0 bridgehead atoms. The molecule has 15 heavy (non-hydrogen) atoms. The molecule has 1 heterocycles. The lowest BCUT2D eigenvalue weighted by atomic mass is 9.86. The summed E-state index contributed by atoms with van der Waals surface area (Å²) >= 11 is 0. The fourth-order valence-corrected chi connectivity index (χ4v) is 1.73. The van der Waals surface area contributed by atoms with E-state index >= 15 is 0 Å². The average molecular weight is 200 g/mol. The zero-order chi connectivity index (χ0) is 11.0. The van der Waals surface area contributed by atoms with Gasteiger partial charge in [-0.05, 0) is 18.2 Å². The monoisotopic (exact) mass is 200 g/mol. The van der Waals surface area contributed by atoms with E-state index in [4.69, 9.17) is 15.3 Å². The van der Waals surface area contributed by atoms with Crippen molar-refractivity contribution in [2.45, 2.75) is 0 Å². The van der Waals surface area contributed by atoms with Crippen LogP contribution in [0.15, 0.2) is 24.3 Å². The van der Waals surface area contributed by atoms with Gasteiger partial charge in [-0.25, -0.2) is 0 Å². The first-order valence-corrected chi connectivity index (χ1v) is 4.49. The van der Waals surface area contributed by atoms with Gasteiger partial charge < -0.3 is 14.6 Å². The summed E-state index contributed by atoms with van der Waals surface area (Å²) in [6.07, 6.45) is 0. The SMILES string of the molecule is Cn1c(B(O)O)cc2c(C#N)cccc21. The zero-order valence-electron chi connectivity index (χ0n) is 8.18. The van der Waals surface area contributed by atoms with Crippen LogP contribution in [-0.4, -0.2) is 21.7 Å². The number of rotatable bonds is 1. The van der Waals surface area contributed by atoms with Gasteiger partial charge in [0.05, 0.1) is 11.6 Å². The van der Waals surface area contributed by atoms with Crippen LogP contribution in [0.2, 0.25) is 0 Å². The minimum Gasteiger partial charge on any atom is -0.422 e. The van der Waals surface area contributed by atoms with Crippen molar-refractivity contribution in [3.8, 4) is 6.07 Å². The Morgan fingerprint density at radius 3 is 2.73 bits per heavy atom. The van der Waals surface area contributed by atoms with E-state index in [-0.39, 0.29) is 0 Å². The van der Waals surface area contributed by atoms with Gasteiger partial charge in [-0.2, -0.15) is 5.26 Å². The lowest BCUT2D eigenvalue weighted by Crippen LogP contribution is -2.34. The Morgan fingerprint density at radius 2 is 2.13 bits per heavy atom. The van der Waals surface area contributed by atoms with Crippen molar-refractivity contribution in [1.82, 2.24) is 4.57 Å². The molecule has 2 N–H and O–H groups in total. The number of nitriles is 1. The summed E-state index contributed by atoms with van der Waals surface area (Å²) in [5.74, 6) is 0. The second-order valence-electron chi connectivity index (χ2n) is 3.35. The van der Waals surface area contributed by atoms with Crippen molar-refractivity contribution in [2.75, 3.05) is 0 Å². The molecule has 0 aliphatic carbocycles. The third kappa shape index (κ3) is 1.40. The molecule has 4 nitrogen and oxygen atoms in total. The number of aryl methyl sites for hydroxylation is 1. The first kappa shape index (κ1) is 9.78. The standard InChI is InChI=1S/C10H9BN2O2/c1-13-9-4-2-3-7(6-12)8(9)5-10(13)11(14)15/h2-5,14-15H,1H3. The van der Waals surface area contributed by atoms with Gasteiger partial charge in [0, 0.05) is 23.5 Å². The molecular weight excluding hydrogens is 191 g/mol. The fraction of sp³-hybridized carbons (Fsp3) is 0.100. The Labute approximate surface area is 87.1 Å². The van der Waals surface area contributed by atoms with Crippen LogP contribution in [-0.2, 0) is 7.05 Å². The van der Waals surface area contributed by atoms with Gasteiger partial charge in [-0.1, -0.05) is 6.07 Å². The van der Waals surface area contributed by atoms with Gasteiger partial charge in [0.15, 0.2) is 0 Å². The van der Waals surface area contributed by atoms with Crippen molar-refractivity contribution in [1.29, 1.82) is 5.26 Å². The first-order valence-electron chi connectivity index (χ1n) is 4.49. The summed E-state index contributed by atoms with van der Waals surface area (Å²) in [6.45, 7) is 0. The highest BCUT2D eigenvalue weighted by molar-refractivity contribution is 6.58. The van der Waals surface area contributed by atoms with Crippen molar-refractivity contribution in [3.63, 3.8) is 0 Å².